The van der Waals surface area contributed by atoms with Gasteiger partial charge in [-0.05, 0) is 29.5 Å². The molecule has 134 valence electrons. The lowest BCUT2D eigenvalue weighted by atomic mass is 9.83. The largest absolute Gasteiger partial charge is 0.491 e. The van der Waals surface area contributed by atoms with Crippen LogP contribution in [0.5, 0.6) is 5.75 Å². The molecule has 1 amide bonds. The Kier molecular flexibility index (Phi) is 5.15. The van der Waals surface area contributed by atoms with Gasteiger partial charge in [-0.2, -0.15) is 0 Å². The number of rotatable bonds is 6. The van der Waals surface area contributed by atoms with Gasteiger partial charge < -0.3 is 20.5 Å². The summed E-state index contributed by atoms with van der Waals surface area (Å²) < 4.78 is 4.89. The molecule has 0 saturated carbocycles. The second-order valence-corrected chi connectivity index (χ2v) is 6.96. The molecule has 0 aliphatic heterocycles. The van der Waals surface area contributed by atoms with Gasteiger partial charge in [-0.15, -0.1) is 0 Å². The fourth-order valence-electron chi connectivity index (χ4n) is 2.51. The van der Waals surface area contributed by atoms with Gasteiger partial charge in [0.25, 0.3) is 10.9 Å². The molecule has 0 bridgehead atoms. The molecule has 2 rings (SSSR count). The minimum absolute atomic E-state index is 0.0348. The molecule has 2 aromatic carbocycles. The third-order valence-corrected chi connectivity index (χ3v) is 4.08. The normalized spacial score (nSPS) is 12.6. The van der Waals surface area contributed by atoms with Crippen molar-refractivity contribution in [2.45, 2.75) is 33.2 Å². The molecule has 25 heavy (non-hydrogen) atoms. The molecule has 0 radical (unpaired) electrons. The van der Waals surface area contributed by atoms with Crippen LogP contribution in [0, 0.1) is 5.41 Å². The van der Waals surface area contributed by atoms with E-state index >= 15 is 0 Å². The maximum absolute atomic E-state index is 11.5. The molecule has 1 unspecified atom stereocenters. The lowest BCUT2D eigenvalue weighted by Gasteiger charge is -2.30. The summed E-state index contributed by atoms with van der Waals surface area (Å²) in [6.45, 7) is 5.92. The van der Waals surface area contributed by atoms with Gasteiger partial charge in [0.2, 0.25) is 0 Å². The number of amides is 1. The van der Waals surface area contributed by atoms with E-state index in [1.165, 1.54) is 7.11 Å². The topological polar surface area (TPSA) is 105 Å². The Bertz CT molecular complexity index is 827. The summed E-state index contributed by atoms with van der Waals surface area (Å²) in [6, 6.07) is 7.00. The first-order valence-corrected chi connectivity index (χ1v) is 7.86. The highest BCUT2D eigenvalue weighted by atomic mass is 16.5. The van der Waals surface area contributed by atoms with Crippen molar-refractivity contribution < 1.29 is 14.6 Å². The van der Waals surface area contributed by atoms with Gasteiger partial charge in [-0.3, -0.25) is 9.59 Å². The Morgan fingerprint density at radius 3 is 2.24 bits per heavy atom. The summed E-state index contributed by atoms with van der Waals surface area (Å²) in [7, 11) is 1.34. The molecule has 0 aromatic heterocycles. The number of hydrogen-bond donors (Lipinski definition) is 3. The number of benzene rings is 1. The van der Waals surface area contributed by atoms with E-state index in [9.17, 15) is 14.4 Å². The third-order valence-electron chi connectivity index (χ3n) is 4.08. The first-order chi connectivity index (χ1) is 11.6. The predicted molar refractivity (Wildman–Crippen MR) is 95.7 cm³/mol. The molecule has 0 spiro atoms. The van der Waals surface area contributed by atoms with Gasteiger partial charge >= 0.3 is 6.09 Å². The highest BCUT2D eigenvalue weighted by molar-refractivity contribution is 5.70. The summed E-state index contributed by atoms with van der Waals surface area (Å²) in [5, 5.41) is 14.4. The second-order valence-electron chi connectivity index (χ2n) is 6.96. The monoisotopic (exact) mass is 346 g/mol. The van der Waals surface area contributed by atoms with Crippen molar-refractivity contribution in [1.82, 2.24) is 5.32 Å². The van der Waals surface area contributed by atoms with Crippen LogP contribution in [-0.4, -0.2) is 24.4 Å². The zero-order valence-corrected chi connectivity index (χ0v) is 14.7. The Balaban J connectivity index is 2.11. The average molecular weight is 346 g/mol. The second kappa shape index (κ2) is 6.96. The third kappa shape index (κ3) is 4.17. The van der Waals surface area contributed by atoms with Crippen LogP contribution < -0.4 is 26.2 Å². The molecule has 0 fully saturated rings. The Hall–Kier alpha value is -2.83. The molecule has 0 saturated heterocycles. The minimum atomic E-state index is -1.05. The van der Waals surface area contributed by atoms with E-state index in [0.717, 1.165) is 5.56 Å². The van der Waals surface area contributed by atoms with Crippen molar-refractivity contribution >= 4 is 17.5 Å². The van der Waals surface area contributed by atoms with E-state index in [0.29, 0.717) is 12.1 Å². The van der Waals surface area contributed by atoms with Crippen LogP contribution in [0.25, 0.3) is 0 Å². The van der Waals surface area contributed by atoms with Gasteiger partial charge in [0, 0.05) is 11.7 Å². The summed E-state index contributed by atoms with van der Waals surface area (Å²) in [4.78, 5) is 33.9. The van der Waals surface area contributed by atoms with Gasteiger partial charge in [-0.1, -0.05) is 32.9 Å². The molecular weight excluding hydrogens is 324 g/mol. The highest BCUT2D eigenvalue weighted by Crippen LogP contribution is 2.25. The molecule has 2 aromatic rings. The van der Waals surface area contributed by atoms with Crippen molar-refractivity contribution in [2.75, 3.05) is 12.4 Å². The quantitative estimate of drug-likeness (QED) is 0.693. The number of carboxylic acid groups (broad SMARTS) is 1. The summed E-state index contributed by atoms with van der Waals surface area (Å²) in [5.41, 5.74) is 0.296. The number of hydrogen-bond acceptors (Lipinski definition) is 5. The standard InChI is InChI=1S/C18H22N2O5/c1-18(2,3)12(20-17(23)24)9-10-5-7-11(8-6-10)19-13-14(21)15(22)16(13)25-4/h5-8,12,19-20H,9H2,1-4H3,(H,23,24). The van der Waals surface area contributed by atoms with Crippen molar-refractivity contribution in [3.05, 3.63) is 50.3 Å². The first kappa shape index (κ1) is 18.5. The van der Waals surface area contributed by atoms with Crippen LogP contribution in [0.15, 0.2) is 33.9 Å². The Labute approximate surface area is 145 Å². The van der Waals surface area contributed by atoms with Gasteiger partial charge in [-0.25, -0.2) is 4.79 Å². The number of ether oxygens (including phenoxy) is 1. The highest BCUT2D eigenvalue weighted by Gasteiger charge is 2.26. The van der Waals surface area contributed by atoms with E-state index in [-0.39, 0.29) is 22.9 Å². The van der Waals surface area contributed by atoms with Crippen molar-refractivity contribution in [3.63, 3.8) is 0 Å². The Morgan fingerprint density at radius 2 is 1.76 bits per heavy atom. The van der Waals surface area contributed by atoms with E-state index in [4.69, 9.17) is 9.84 Å². The minimum Gasteiger partial charge on any atom is -0.491 e. The molecule has 0 heterocycles. The number of nitrogens with one attached hydrogen (secondary N) is 2. The van der Waals surface area contributed by atoms with E-state index < -0.39 is 17.0 Å². The smallest absolute Gasteiger partial charge is 0.404 e. The summed E-state index contributed by atoms with van der Waals surface area (Å²) in [5.74, 6) is 0.0348. The van der Waals surface area contributed by atoms with Crippen LogP contribution >= 0.6 is 0 Å². The van der Waals surface area contributed by atoms with E-state index in [2.05, 4.69) is 10.6 Å². The zero-order chi connectivity index (χ0) is 18.8. The molecule has 7 nitrogen and oxygen atoms in total. The van der Waals surface area contributed by atoms with E-state index in [1.807, 2.05) is 32.9 Å². The lowest BCUT2D eigenvalue weighted by molar-refractivity contribution is 0.174. The average Bonchev–Trinajstić information content (AvgIpc) is 2.53. The summed E-state index contributed by atoms with van der Waals surface area (Å²) >= 11 is 0. The predicted octanol–water partition coefficient (Wildman–Crippen LogP) is 2.26. The van der Waals surface area contributed by atoms with Gasteiger partial charge in [0.15, 0.2) is 5.75 Å². The van der Waals surface area contributed by atoms with Crippen LogP contribution in [0.4, 0.5) is 16.2 Å². The lowest BCUT2D eigenvalue weighted by Crippen LogP contribution is -2.44. The van der Waals surface area contributed by atoms with Crippen molar-refractivity contribution in [3.8, 4) is 5.75 Å². The maximum Gasteiger partial charge on any atom is 0.404 e. The maximum atomic E-state index is 11.5. The van der Waals surface area contributed by atoms with E-state index in [1.54, 1.807) is 12.1 Å². The fourth-order valence-corrected chi connectivity index (χ4v) is 2.51. The number of anilines is 2. The van der Waals surface area contributed by atoms with Crippen LogP contribution in [-0.2, 0) is 6.42 Å². The SMILES string of the molecule is COc1c(Nc2ccc(CC(NC(=O)O)C(C)(C)C)cc2)c(=O)c1=O. The number of carbonyl (C=O) groups is 1. The molecular formula is C18H22N2O5. The molecule has 7 heteroatoms. The molecule has 0 aliphatic carbocycles. The van der Waals surface area contributed by atoms with Crippen LogP contribution in [0.1, 0.15) is 26.3 Å². The fraction of sp³-hybridized carbons (Fsp3) is 0.389. The van der Waals surface area contributed by atoms with Crippen molar-refractivity contribution in [1.29, 1.82) is 0 Å². The molecule has 3 N–H and O–H groups in total. The first-order valence-electron chi connectivity index (χ1n) is 7.86. The van der Waals surface area contributed by atoms with Gasteiger partial charge in [0.05, 0.1) is 7.11 Å². The zero-order valence-electron chi connectivity index (χ0n) is 14.7. The molecule has 1 atom stereocenters. The number of methoxy groups -OCH3 is 1. The Morgan fingerprint density at radius 1 is 1.16 bits per heavy atom. The summed E-state index contributed by atoms with van der Waals surface area (Å²) in [6.07, 6.45) is -0.509. The van der Waals surface area contributed by atoms with Crippen molar-refractivity contribution in [2.24, 2.45) is 5.41 Å². The molecule has 0 aliphatic rings. The van der Waals surface area contributed by atoms with Crippen LogP contribution in [0.2, 0.25) is 0 Å². The van der Waals surface area contributed by atoms with Crippen LogP contribution in [0.3, 0.4) is 0 Å². The van der Waals surface area contributed by atoms with Gasteiger partial charge in [0.1, 0.15) is 5.69 Å².